The van der Waals surface area contributed by atoms with Crippen LogP contribution in [0.2, 0.25) is 0 Å². The summed E-state index contributed by atoms with van der Waals surface area (Å²) in [5, 5.41) is 8.41. The molecule has 54 valence electrons. The van der Waals surface area contributed by atoms with Crippen LogP contribution >= 0.6 is 0 Å². The van der Waals surface area contributed by atoms with Crippen molar-refractivity contribution in [1.29, 1.82) is 0 Å². The van der Waals surface area contributed by atoms with E-state index in [1.165, 1.54) is 6.08 Å². The molecular formula is C4H7O4S-. The third-order valence-corrected chi connectivity index (χ3v) is 1.56. The summed E-state index contributed by atoms with van der Waals surface area (Å²) in [6.07, 6.45) is 0.950. The molecule has 0 rings (SSSR count). The molecule has 4 nitrogen and oxygen atoms in total. The number of hydrogen-bond donors (Lipinski definition) is 1. The summed E-state index contributed by atoms with van der Waals surface area (Å²) < 4.78 is 29.6. The number of rotatable bonds is 3. The van der Waals surface area contributed by atoms with E-state index in [1.807, 2.05) is 0 Å². The van der Waals surface area contributed by atoms with E-state index < -0.39 is 15.6 Å². The SMILES string of the molecule is C=CCC(O)S(=O)(=O)[O-]. The van der Waals surface area contributed by atoms with Crippen LogP contribution in [0.5, 0.6) is 0 Å². The van der Waals surface area contributed by atoms with Crippen LogP contribution in [0.4, 0.5) is 0 Å². The van der Waals surface area contributed by atoms with Crippen molar-refractivity contribution in [3.63, 3.8) is 0 Å². The molecule has 0 heterocycles. The Morgan fingerprint density at radius 3 is 2.33 bits per heavy atom. The molecule has 1 N–H and O–H groups in total. The molecule has 0 aliphatic carbocycles. The highest BCUT2D eigenvalue weighted by Crippen LogP contribution is 1.98. The number of aliphatic hydroxyl groups excluding tert-OH is 1. The summed E-state index contributed by atoms with van der Waals surface area (Å²) in [4.78, 5) is 0. The van der Waals surface area contributed by atoms with Gasteiger partial charge in [-0.3, -0.25) is 0 Å². The van der Waals surface area contributed by atoms with E-state index in [-0.39, 0.29) is 6.42 Å². The second-order valence-corrected chi connectivity index (χ2v) is 3.00. The van der Waals surface area contributed by atoms with Gasteiger partial charge in [-0.25, -0.2) is 8.42 Å². The summed E-state index contributed by atoms with van der Waals surface area (Å²) in [5.41, 5.74) is -1.84. The standard InChI is InChI=1S/C4H8O4S/c1-2-3-4(5)9(6,7)8/h2,4-5H,1,3H2,(H,6,7,8)/p-1. The predicted molar refractivity (Wildman–Crippen MR) is 30.5 cm³/mol. The van der Waals surface area contributed by atoms with Crippen LogP contribution in [0.25, 0.3) is 0 Å². The maximum Gasteiger partial charge on any atom is 0.146 e. The smallest absolute Gasteiger partial charge is 0.146 e. The first-order chi connectivity index (χ1) is 3.98. The number of aliphatic hydroxyl groups is 1. The molecule has 0 saturated carbocycles. The van der Waals surface area contributed by atoms with E-state index in [9.17, 15) is 13.0 Å². The molecule has 1 unspecified atom stereocenters. The van der Waals surface area contributed by atoms with Crippen molar-refractivity contribution in [3.8, 4) is 0 Å². The molecule has 1 atom stereocenters. The lowest BCUT2D eigenvalue weighted by Crippen LogP contribution is -2.18. The second kappa shape index (κ2) is 2.95. The molecular weight excluding hydrogens is 144 g/mol. The van der Waals surface area contributed by atoms with Crippen LogP contribution in [-0.2, 0) is 10.1 Å². The molecule has 0 fully saturated rings. The van der Waals surface area contributed by atoms with Gasteiger partial charge in [0.1, 0.15) is 15.6 Å². The molecule has 0 radical (unpaired) electrons. The summed E-state index contributed by atoms with van der Waals surface area (Å²) in [6.45, 7) is 3.15. The quantitative estimate of drug-likeness (QED) is 0.432. The minimum Gasteiger partial charge on any atom is -0.746 e. The van der Waals surface area contributed by atoms with E-state index in [1.54, 1.807) is 0 Å². The Kier molecular flexibility index (Phi) is 2.83. The van der Waals surface area contributed by atoms with Crippen LogP contribution in [0.15, 0.2) is 12.7 Å². The lowest BCUT2D eigenvalue weighted by Gasteiger charge is -2.11. The Labute approximate surface area is 53.6 Å². The fourth-order valence-corrected chi connectivity index (χ4v) is 0.632. The lowest BCUT2D eigenvalue weighted by molar-refractivity contribution is 0.234. The molecule has 0 aromatic heterocycles. The van der Waals surface area contributed by atoms with Crippen molar-refractivity contribution in [3.05, 3.63) is 12.7 Å². The third-order valence-electron chi connectivity index (χ3n) is 0.702. The van der Waals surface area contributed by atoms with Crippen LogP contribution in [0, 0.1) is 0 Å². The summed E-state index contributed by atoms with van der Waals surface area (Å²) >= 11 is 0. The zero-order chi connectivity index (χ0) is 7.49. The van der Waals surface area contributed by atoms with Gasteiger partial charge in [0.15, 0.2) is 0 Å². The van der Waals surface area contributed by atoms with Crippen LogP contribution in [-0.4, -0.2) is 23.5 Å². The Morgan fingerprint density at radius 2 is 2.22 bits per heavy atom. The van der Waals surface area contributed by atoms with E-state index in [4.69, 9.17) is 5.11 Å². The molecule has 0 spiro atoms. The normalized spacial score (nSPS) is 14.9. The van der Waals surface area contributed by atoms with E-state index >= 15 is 0 Å². The first-order valence-electron chi connectivity index (χ1n) is 2.22. The Bertz CT molecular complexity index is 181. The molecule has 0 aromatic carbocycles. The molecule has 9 heavy (non-hydrogen) atoms. The van der Waals surface area contributed by atoms with Gasteiger partial charge in [-0.1, -0.05) is 6.08 Å². The van der Waals surface area contributed by atoms with Gasteiger partial charge in [-0.05, 0) is 0 Å². The van der Waals surface area contributed by atoms with Gasteiger partial charge in [0.2, 0.25) is 0 Å². The van der Waals surface area contributed by atoms with Gasteiger partial charge in [0.25, 0.3) is 0 Å². The Hall–Kier alpha value is -0.390. The van der Waals surface area contributed by atoms with Crippen molar-refractivity contribution in [1.82, 2.24) is 0 Å². The van der Waals surface area contributed by atoms with Crippen molar-refractivity contribution in [2.45, 2.75) is 11.9 Å². The second-order valence-electron chi connectivity index (χ2n) is 1.47. The van der Waals surface area contributed by atoms with Crippen molar-refractivity contribution >= 4 is 10.1 Å². The highest BCUT2D eigenvalue weighted by molar-refractivity contribution is 7.86. The topological polar surface area (TPSA) is 77.4 Å². The summed E-state index contributed by atoms with van der Waals surface area (Å²) in [5.74, 6) is 0. The summed E-state index contributed by atoms with van der Waals surface area (Å²) in [6, 6.07) is 0. The monoisotopic (exact) mass is 151 g/mol. The van der Waals surface area contributed by atoms with Crippen LogP contribution in [0.1, 0.15) is 6.42 Å². The zero-order valence-electron chi connectivity index (χ0n) is 4.65. The number of hydrogen-bond acceptors (Lipinski definition) is 4. The first kappa shape index (κ1) is 8.61. The minimum absolute atomic E-state index is 0.216. The lowest BCUT2D eigenvalue weighted by atomic mass is 10.5. The van der Waals surface area contributed by atoms with E-state index in [0.717, 1.165) is 0 Å². The van der Waals surface area contributed by atoms with E-state index in [0.29, 0.717) is 0 Å². The van der Waals surface area contributed by atoms with Gasteiger partial charge in [0.05, 0.1) is 0 Å². The predicted octanol–water partition coefficient (Wildman–Crippen LogP) is -0.574. The van der Waals surface area contributed by atoms with Crippen molar-refractivity contribution in [2.24, 2.45) is 0 Å². The molecule has 0 aromatic rings. The van der Waals surface area contributed by atoms with Crippen LogP contribution < -0.4 is 0 Å². The fraction of sp³-hybridized carbons (Fsp3) is 0.500. The first-order valence-corrected chi connectivity index (χ1v) is 3.69. The van der Waals surface area contributed by atoms with Crippen LogP contribution in [0.3, 0.4) is 0 Å². The van der Waals surface area contributed by atoms with E-state index in [2.05, 4.69) is 6.58 Å². The Morgan fingerprint density at radius 1 is 1.78 bits per heavy atom. The maximum absolute atomic E-state index is 9.87. The highest BCUT2D eigenvalue weighted by Gasteiger charge is 2.07. The van der Waals surface area contributed by atoms with Gasteiger partial charge in [0, 0.05) is 6.42 Å². The van der Waals surface area contributed by atoms with Gasteiger partial charge in [-0.2, -0.15) is 0 Å². The third kappa shape index (κ3) is 3.23. The van der Waals surface area contributed by atoms with Gasteiger partial charge in [-0.15, -0.1) is 6.58 Å². The molecule has 0 saturated heterocycles. The largest absolute Gasteiger partial charge is 0.746 e. The van der Waals surface area contributed by atoms with Gasteiger partial charge >= 0.3 is 0 Å². The highest BCUT2D eigenvalue weighted by atomic mass is 32.2. The average molecular weight is 151 g/mol. The fourth-order valence-electron chi connectivity index (χ4n) is 0.260. The summed E-state index contributed by atoms with van der Waals surface area (Å²) in [7, 11) is -4.53. The average Bonchev–Trinajstić information content (AvgIpc) is 1.64. The van der Waals surface area contributed by atoms with Gasteiger partial charge < -0.3 is 9.66 Å². The minimum atomic E-state index is -4.53. The molecule has 0 amide bonds. The molecule has 0 bridgehead atoms. The van der Waals surface area contributed by atoms with Crippen molar-refractivity contribution < 1.29 is 18.1 Å². The molecule has 5 heteroatoms. The van der Waals surface area contributed by atoms with Crippen molar-refractivity contribution in [2.75, 3.05) is 0 Å². The molecule has 0 aliphatic rings. The maximum atomic E-state index is 9.87. The molecule has 0 aliphatic heterocycles. The Balaban J connectivity index is 4.05. The zero-order valence-corrected chi connectivity index (χ0v) is 5.47.